The zero-order valence-corrected chi connectivity index (χ0v) is 22.2. The Balaban J connectivity index is 1.59. The molecule has 0 radical (unpaired) electrons. The van der Waals surface area contributed by atoms with E-state index in [4.69, 9.17) is 25.3 Å². The lowest BCUT2D eigenvalue weighted by molar-refractivity contribution is -0.222. The summed E-state index contributed by atoms with van der Waals surface area (Å²) < 4.78 is 40.9. The van der Waals surface area contributed by atoms with Gasteiger partial charge in [0, 0.05) is 10.8 Å². The second-order valence-electron chi connectivity index (χ2n) is 11.7. The first kappa shape index (κ1) is 25.5. The van der Waals surface area contributed by atoms with Crippen molar-refractivity contribution < 1.29 is 36.8 Å². The molecule has 8 nitrogen and oxygen atoms in total. The largest absolute Gasteiger partial charge is 0.391 e. The van der Waals surface area contributed by atoms with E-state index in [1.54, 1.807) is 19.9 Å². The Bertz CT molecular complexity index is 1160. The summed E-state index contributed by atoms with van der Waals surface area (Å²) in [6.45, 7) is 6.68. The number of alkyl halides is 1. The molecular formula is C25H33ClO8S. The Morgan fingerprint density at radius 2 is 1.94 bits per heavy atom. The van der Waals surface area contributed by atoms with Gasteiger partial charge in [-0.3, -0.25) is 13.8 Å². The van der Waals surface area contributed by atoms with Gasteiger partial charge in [-0.25, -0.2) is 0 Å². The Morgan fingerprint density at radius 1 is 1.26 bits per heavy atom. The fraction of sp³-hybridized carbons (Fsp3) is 0.760. The highest BCUT2D eigenvalue weighted by molar-refractivity contribution is 7.86. The molecule has 0 unspecified atom stereocenters. The number of ether oxygens (including phenoxy) is 2. The molecule has 1 aliphatic heterocycles. The van der Waals surface area contributed by atoms with Gasteiger partial charge in [-0.15, -0.1) is 11.6 Å². The summed E-state index contributed by atoms with van der Waals surface area (Å²) in [5.41, 5.74) is -2.17. The fourth-order valence-electron chi connectivity index (χ4n) is 8.08. The normalized spacial score (nSPS) is 48.0. The van der Waals surface area contributed by atoms with Crippen LogP contribution in [-0.2, 0) is 33.4 Å². The van der Waals surface area contributed by atoms with Crippen molar-refractivity contribution in [2.75, 3.05) is 12.9 Å². The lowest BCUT2D eigenvalue weighted by atomic mass is 9.45. The number of halogens is 1. The van der Waals surface area contributed by atoms with Crippen molar-refractivity contribution in [1.29, 1.82) is 0 Å². The van der Waals surface area contributed by atoms with Crippen LogP contribution in [0.1, 0.15) is 53.4 Å². The summed E-state index contributed by atoms with van der Waals surface area (Å²) in [6.07, 6.45) is 6.14. The Morgan fingerprint density at radius 3 is 2.60 bits per heavy atom. The number of aliphatic hydroxyl groups excluding tert-OH is 1. The number of carbonyl (C=O) groups excluding carboxylic acids is 2. The van der Waals surface area contributed by atoms with Crippen LogP contribution in [0, 0.1) is 22.7 Å². The molecule has 0 amide bonds. The van der Waals surface area contributed by atoms with Gasteiger partial charge in [0.05, 0.1) is 23.3 Å². The van der Waals surface area contributed by atoms with E-state index >= 15 is 0 Å². The van der Waals surface area contributed by atoms with Gasteiger partial charge in [0.2, 0.25) is 0 Å². The molecule has 4 aliphatic carbocycles. The minimum Gasteiger partial charge on any atom is -0.391 e. The minimum absolute atomic E-state index is 0.0822. The van der Waals surface area contributed by atoms with Gasteiger partial charge in [-0.2, -0.15) is 8.42 Å². The number of rotatable bonds is 4. The third-order valence-electron chi connectivity index (χ3n) is 9.45. The molecule has 4 fully saturated rings. The van der Waals surface area contributed by atoms with E-state index in [1.165, 1.54) is 6.08 Å². The molecule has 194 valence electrons. The molecule has 5 rings (SSSR count). The highest BCUT2D eigenvalue weighted by Gasteiger charge is 2.79. The number of allylic oxidation sites excluding steroid dienone is 4. The molecule has 8 atom stereocenters. The molecule has 0 aromatic heterocycles. The average molecular weight is 529 g/mol. The van der Waals surface area contributed by atoms with E-state index in [9.17, 15) is 23.1 Å². The molecule has 10 heteroatoms. The number of hydrogen-bond acceptors (Lipinski definition) is 8. The molecule has 1 heterocycles. The van der Waals surface area contributed by atoms with Gasteiger partial charge in [0.1, 0.15) is 6.61 Å². The highest BCUT2D eigenvalue weighted by Crippen LogP contribution is 2.72. The van der Waals surface area contributed by atoms with Crippen molar-refractivity contribution >= 4 is 33.3 Å². The van der Waals surface area contributed by atoms with Crippen LogP contribution in [0.2, 0.25) is 0 Å². The molecule has 35 heavy (non-hydrogen) atoms. The first-order valence-corrected chi connectivity index (χ1v) is 14.3. The van der Waals surface area contributed by atoms with E-state index in [1.807, 2.05) is 19.9 Å². The Labute approximate surface area is 211 Å². The number of carbonyl (C=O) groups is 2. The van der Waals surface area contributed by atoms with E-state index < -0.39 is 61.8 Å². The monoisotopic (exact) mass is 528 g/mol. The summed E-state index contributed by atoms with van der Waals surface area (Å²) in [6, 6.07) is 0. The van der Waals surface area contributed by atoms with Crippen LogP contribution in [0.25, 0.3) is 0 Å². The highest BCUT2D eigenvalue weighted by atomic mass is 35.5. The van der Waals surface area contributed by atoms with Crippen LogP contribution >= 0.6 is 11.6 Å². The first-order chi connectivity index (χ1) is 16.0. The molecule has 0 aromatic carbocycles. The second kappa shape index (κ2) is 7.48. The van der Waals surface area contributed by atoms with Crippen LogP contribution in [-0.4, -0.2) is 66.4 Å². The quantitative estimate of drug-likeness (QED) is 0.437. The number of fused-ring (bicyclic) bond motifs is 7. The van der Waals surface area contributed by atoms with Gasteiger partial charge in [-0.1, -0.05) is 25.5 Å². The maximum absolute atomic E-state index is 13.8. The maximum Gasteiger partial charge on any atom is 0.264 e. The third-order valence-corrected chi connectivity index (χ3v) is 10.9. The van der Waals surface area contributed by atoms with Gasteiger partial charge >= 0.3 is 0 Å². The summed E-state index contributed by atoms with van der Waals surface area (Å²) in [4.78, 5) is 24.8. The molecule has 5 aliphatic rings. The van der Waals surface area contributed by atoms with Crippen molar-refractivity contribution in [2.45, 2.75) is 81.8 Å². The number of hydrogen-bond donors (Lipinski definition) is 1. The predicted octanol–water partition coefficient (Wildman–Crippen LogP) is 2.67. The lowest BCUT2D eigenvalue weighted by Crippen LogP contribution is -2.69. The summed E-state index contributed by atoms with van der Waals surface area (Å²) in [7, 11) is -3.85. The smallest absolute Gasteiger partial charge is 0.264 e. The average Bonchev–Trinajstić information content (AvgIpc) is 3.14. The van der Waals surface area contributed by atoms with Crippen LogP contribution in [0.3, 0.4) is 0 Å². The summed E-state index contributed by atoms with van der Waals surface area (Å²) >= 11 is 7.45. The number of ketones is 2. The van der Waals surface area contributed by atoms with Crippen LogP contribution in [0.15, 0.2) is 23.8 Å². The van der Waals surface area contributed by atoms with Crippen molar-refractivity contribution in [3.05, 3.63) is 23.8 Å². The van der Waals surface area contributed by atoms with E-state index in [0.29, 0.717) is 19.3 Å². The molecule has 3 saturated carbocycles. The molecular weight excluding hydrogens is 496 g/mol. The van der Waals surface area contributed by atoms with Gasteiger partial charge < -0.3 is 14.6 Å². The first-order valence-electron chi connectivity index (χ1n) is 12.1. The van der Waals surface area contributed by atoms with Gasteiger partial charge in [-0.05, 0) is 63.5 Å². The van der Waals surface area contributed by atoms with Crippen LogP contribution in [0.5, 0.6) is 0 Å². The molecule has 0 aromatic rings. The fourth-order valence-corrected chi connectivity index (χ4v) is 8.92. The van der Waals surface area contributed by atoms with E-state index in [0.717, 1.165) is 11.8 Å². The van der Waals surface area contributed by atoms with Crippen molar-refractivity contribution in [1.82, 2.24) is 0 Å². The SMILES string of the molecule is CC1(C)O[C@@H]2C[C@H]3[C@@H]4CCC5=CC(=O)C=C[C@]5(C)[C@@]4(Cl)[C@@H](O)C[C@]3(C)[C@]2(C(=O)COS(C)(=O)=O)O1. The number of aliphatic hydroxyl groups is 1. The Hall–Kier alpha value is -1.10. The van der Waals surface area contributed by atoms with Crippen molar-refractivity contribution in [3.63, 3.8) is 0 Å². The lowest BCUT2D eigenvalue weighted by Gasteiger charge is -2.64. The molecule has 0 bridgehead atoms. The van der Waals surface area contributed by atoms with Gasteiger partial charge in [0.25, 0.3) is 10.1 Å². The topological polar surface area (TPSA) is 116 Å². The zero-order valence-electron chi connectivity index (χ0n) is 20.7. The zero-order chi connectivity index (χ0) is 25.8. The standard InChI is InChI=1S/C25H33ClO8S/c1-21(2)33-20-11-17-16-7-6-14-10-15(27)8-9-22(14,3)24(16,26)18(28)12-23(17,4)25(20,34-21)19(29)13-32-35(5,30)31/h8-10,16-18,20,28H,6-7,11-13H2,1-5H3/t16-,17-,18-,20+,22-,23-,24-,25+/m0/s1. The van der Waals surface area contributed by atoms with Crippen LogP contribution in [0.4, 0.5) is 0 Å². The van der Waals surface area contributed by atoms with E-state index in [2.05, 4.69) is 0 Å². The second-order valence-corrected chi connectivity index (χ2v) is 14.0. The van der Waals surface area contributed by atoms with Crippen molar-refractivity contribution in [2.24, 2.45) is 22.7 Å². The summed E-state index contributed by atoms with van der Waals surface area (Å²) in [5, 5.41) is 11.7. The Kier molecular flexibility index (Phi) is 5.46. The molecule has 1 saturated heterocycles. The van der Waals surface area contributed by atoms with E-state index in [-0.39, 0.29) is 24.0 Å². The van der Waals surface area contributed by atoms with Gasteiger partial charge in [0.15, 0.2) is 23.0 Å². The molecule has 1 N–H and O–H groups in total. The summed E-state index contributed by atoms with van der Waals surface area (Å²) in [5.74, 6) is -2.00. The number of Topliss-reactive ketones (excluding diaryl/α,β-unsaturated/α-hetero) is 1. The maximum atomic E-state index is 13.8. The van der Waals surface area contributed by atoms with Crippen LogP contribution < -0.4 is 0 Å². The predicted molar refractivity (Wildman–Crippen MR) is 127 cm³/mol. The third kappa shape index (κ3) is 3.28. The molecule has 0 spiro atoms. The van der Waals surface area contributed by atoms with Crippen molar-refractivity contribution in [3.8, 4) is 0 Å². The minimum atomic E-state index is -3.85.